The Bertz CT molecular complexity index is 1120. The quantitative estimate of drug-likeness (QED) is 0.482. The Morgan fingerprint density at radius 3 is 2.83 bits per heavy atom. The van der Waals surface area contributed by atoms with E-state index in [1.165, 1.54) is 0 Å². The second-order valence-electron chi connectivity index (χ2n) is 6.76. The van der Waals surface area contributed by atoms with Gasteiger partial charge in [-0.2, -0.15) is 4.98 Å². The van der Waals surface area contributed by atoms with Crippen LogP contribution in [-0.2, 0) is 24.3 Å². The smallest absolute Gasteiger partial charge is 0.227 e. The minimum atomic E-state index is 0.000775. The van der Waals surface area contributed by atoms with E-state index in [-0.39, 0.29) is 12.3 Å². The number of imidazole rings is 1. The van der Waals surface area contributed by atoms with Gasteiger partial charge in [0, 0.05) is 44.4 Å². The van der Waals surface area contributed by atoms with Crippen molar-refractivity contribution in [3.63, 3.8) is 0 Å². The average Bonchev–Trinajstić information content (AvgIpc) is 3.36. The van der Waals surface area contributed by atoms with Gasteiger partial charge in [-0.3, -0.25) is 9.78 Å². The Labute approximate surface area is 168 Å². The summed E-state index contributed by atoms with van der Waals surface area (Å²) >= 11 is 0. The first-order chi connectivity index (χ1) is 14.2. The topological polar surface area (TPSA) is 89.9 Å². The van der Waals surface area contributed by atoms with Crippen LogP contribution >= 0.6 is 0 Å². The number of aryl methyl sites for hydroxylation is 2. The van der Waals surface area contributed by atoms with Gasteiger partial charge in [-0.25, -0.2) is 4.98 Å². The number of para-hydroxylation sites is 2. The molecule has 1 aromatic carbocycles. The normalized spacial score (nSPS) is 11.1. The first-order valence-corrected chi connectivity index (χ1v) is 9.56. The van der Waals surface area contributed by atoms with E-state index in [1.54, 1.807) is 24.3 Å². The molecule has 4 rings (SSSR count). The number of benzene rings is 1. The van der Waals surface area contributed by atoms with Crippen molar-refractivity contribution in [2.75, 3.05) is 7.05 Å². The van der Waals surface area contributed by atoms with Crippen molar-refractivity contribution in [3.05, 3.63) is 60.5 Å². The molecule has 148 valence electrons. The summed E-state index contributed by atoms with van der Waals surface area (Å²) in [5, 5.41) is 3.96. The maximum Gasteiger partial charge on any atom is 0.227 e. The van der Waals surface area contributed by atoms with Gasteiger partial charge in [-0.05, 0) is 31.2 Å². The van der Waals surface area contributed by atoms with Crippen molar-refractivity contribution < 1.29 is 9.32 Å². The van der Waals surface area contributed by atoms with Crippen LogP contribution in [-0.4, -0.2) is 42.5 Å². The maximum atomic E-state index is 12.6. The number of pyridine rings is 1. The molecule has 0 aliphatic rings. The second-order valence-corrected chi connectivity index (χ2v) is 6.76. The molecule has 3 aromatic heterocycles. The van der Waals surface area contributed by atoms with E-state index >= 15 is 0 Å². The number of hydrogen-bond acceptors (Lipinski definition) is 6. The molecule has 0 N–H and O–H groups in total. The van der Waals surface area contributed by atoms with Crippen LogP contribution in [0.25, 0.3) is 22.4 Å². The van der Waals surface area contributed by atoms with Crippen LogP contribution in [0.5, 0.6) is 0 Å². The van der Waals surface area contributed by atoms with E-state index in [1.807, 2.05) is 36.4 Å². The molecule has 0 unspecified atom stereocenters. The standard InChI is InChI=1S/C21H22N6O2/c1-3-27-17-9-5-4-8-16(17)23-18(27)14-26(2)20(28)11-10-19-24-21(25-29-19)15-7-6-12-22-13-15/h4-9,12-13H,3,10-11,14H2,1-2H3. The van der Waals surface area contributed by atoms with Crippen molar-refractivity contribution in [1.29, 1.82) is 0 Å². The first-order valence-electron chi connectivity index (χ1n) is 9.56. The zero-order chi connectivity index (χ0) is 20.2. The first kappa shape index (κ1) is 18.8. The summed E-state index contributed by atoms with van der Waals surface area (Å²) in [7, 11) is 1.79. The highest BCUT2D eigenvalue weighted by atomic mass is 16.5. The molecule has 0 aliphatic carbocycles. The van der Waals surface area contributed by atoms with Gasteiger partial charge in [0.2, 0.25) is 17.6 Å². The van der Waals surface area contributed by atoms with Gasteiger partial charge in [-0.15, -0.1) is 0 Å². The summed E-state index contributed by atoms with van der Waals surface area (Å²) in [6.07, 6.45) is 4.04. The molecule has 0 spiro atoms. The number of hydrogen-bond donors (Lipinski definition) is 0. The zero-order valence-electron chi connectivity index (χ0n) is 16.4. The van der Waals surface area contributed by atoms with Crippen molar-refractivity contribution in [2.24, 2.45) is 0 Å². The van der Waals surface area contributed by atoms with Crippen LogP contribution in [0.1, 0.15) is 25.1 Å². The molecular formula is C21H22N6O2. The predicted molar refractivity (Wildman–Crippen MR) is 108 cm³/mol. The highest BCUT2D eigenvalue weighted by Crippen LogP contribution is 2.18. The molecule has 1 amide bonds. The van der Waals surface area contributed by atoms with Gasteiger partial charge in [-0.1, -0.05) is 17.3 Å². The van der Waals surface area contributed by atoms with E-state index in [9.17, 15) is 4.79 Å². The lowest BCUT2D eigenvalue weighted by molar-refractivity contribution is -0.130. The van der Waals surface area contributed by atoms with Crippen LogP contribution in [0.4, 0.5) is 0 Å². The molecule has 29 heavy (non-hydrogen) atoms. The summed E-state index contributed by atoms with van der Waals surface area (Å²) in [5.41, 5.74) is 2.81. The van der Waals surface area contributed by atoms with Crippen LogP contribution in [0, 0.1) is 0 Å². The Morgan fingerprint density at radius 1 is 1.17 bits per heavy atom. The highest BCUT2D eigenvalue weighted by Gasteiger charge is 2.16. The largest absolute Gasteiger partial charge is 0.339 e. The van der Waals surface area contributed by atoms with Gasteiger partial charge >= 0.3 is 0 Å². The molecule has 0 aliphatic heterocycles. The molecule has 0 saturated carbocycles. The van der Waals surface area contributed by atoms with E-state index in [4.69, 9.17) is 4.52 Å². The molecule has 4 aromatic rings. The van der Waals surface area contributed by atoms with Crippen molar-refractivity contribution in [1.82, 2.24) is 29.6 Å². The minimum Gasteiger partial charge on any atom is -0.339 e. The number of amides is 1. The molecule has 0 radical (unpaired) electrons. The minimum absolute atomic E-state index is 0.000775. The molecular weight excluding hydrogens is 368 g/mol. The number of fused-ring (bicyclic) bond motifs is 1. The third-order valence-corrected chi connectivity index (χ3v) is 4.79. The predicted octanol–water partition coefficient (Wildman–Crippen LogP) is 3.09. The summed E-state index contributed by atoms with van der Waals surface area (Å²) in [5.74, 6) is 1.79. The fourth-order valence-corrected chi connectivity index (χ4v) is 3.27. The van der Waals surface area contributed by atoms with E-state index < -0.39 is 0 Å². The lowest BCUT2D eigenvalue weighted by Crippen LogP contribution is -2.28. The summed E-state index contributed by atoms with van der Waals surface area (Å²) < 4.78 is 7.40. The Hall–Kier alpha value is -3.55. The monoisotopic (exact) mass is 390 g/mol. The maximum absolute atomic E-state index is 12.6. The van der Waals surface area contributed by atoms with Crippen LogP contribution in [0.15, 0.2) is 53.3 Å². The Morgan fingerprint density at radius 2 is 2.03 bits per heavy atom. The van der Waals surface area contributed by atoms with E-state index in [0.29, 0.717) is 24.7 Å². The van der Waals surface area contributed by atoms with Gasteiger partial charge in [0.05, 0.1) is 17.6 Å². The number of nitrogens with zero attached hydrogens (tertiary/aromatic N) is 6. The average molecular weight is 390 g/mol. The lowest BCUT2D eigenvalue weighted by Gasteiger charge is -2.17. The zero-order valence-corrected chi connectivity index (χ0v) is 16.4. The van der Waals surface area contributed by atoms with Crippen LogP contribution in [0.2, 0.25) is 0 Å². The van der Waals surface area contributed by atoms with E-state index in [0.717, 1.165) is 29.0 Å². The molecule has 0 fully saturated rings. The third kappa shape index (κ3) is 4.01. The fourth-order valence-electron chi connectivity index (χ4n) is 3.27. The SMILES string of the molecule is CCn1c(CN(C)C(=O)CCc2nc(-c3cccnc3)no2)nc2ccccc21. The highest BCUT2D eigenvalue weighted by molar-refractivity contribution is 5.77. The molecule has 3 heterocycles. The molecule has 8 heteroatoms. The summed E-state index contributed by atoms with van der Waals surface area (Å²) in [6, 6.07) is 11.7. The summed E-state index contributed by atoms with van der Waals surface area (Å²) in [4.78, 5) is 27.4. The summed E-state index contributed by atoms with van der Waals surface area (Å²) in [6.45, 7) is 3.33. The van der Waals surface area contributed by atoms with Gasteiger partial charge in [0.25, 0.3) is 0 Å². The molecule has 0 bridgehead atoms. The molecule has 0 saturated heterocycles. The third-order valence-electron chi connectivity index (χ3n) is 4.79. The Kier molecular flexibility index (Phi) is 5.33. The number of rotatable bonds is 7. The van der Waals surface area contributed by atoms with Crippen molar-refractivity contribution in [2.45, 2.75) is 32.9 Å². The number of aromatic nitrogens is 5. The number of carbonyl (C=O) groups is 1. The van der Waals surface area contributed by atoms with Gasteiger partial charge in [0.15, 0.2) is 0 Å². The lowest BCUT2D eigenvalue weighted by atomic mass is 10.2. The van der Waals surface area contributed by atoms with Gasteiger partial charge in [0.1, 0.15) is 5.82 Å². The number of carbonyl (C=O) groups excluding carboxylic acids is 1. The van der Waals surface area contributed by atoms with Crippen molar-refractivity contribution >= 4 is 16.9 Å². The van der Waals surface area contributed by atoms with Gasteiger partial charge < -0.3 is 14.0 Å². The fraction of sp³-hybridized carbons (Fsp3) is 0.286. The van der Waals surface area contributed by atoms with Crippen LogP contribution in [0.3, 0.4) is 0 Å². The Balaban J connectivity index is 1.39. The van der Waals surface area contributed by atoms with Crippen molar-refractivity contribution in [3.8, 4) is 11.4 Å². The molecule has 0 atom stereocenters. The molecule has 8 nitrogen and oxygen atoms in total. The van der Waals surface area contributed by atoms with Crippen LogP contribution < -0.4 is 0 Å². The van der Waals surface area contributed by atoms with E-state index in [2.05, 4.69) is 31.6 Å². The second kappa shape index (κ2) is 8.22.